The zero-order valence-corrected chi connectivity index (χ0v) is 16.8. The topological polar surface area (TPSA) is 139 Å². The van der Waals surface area contributed by atoms with E-state index in [9.17, 15) is 19.2 Å². The predicted octanol–water partition coefficient (Wildman–Crippen LogP) is 0.812. The molecule has 2 fully saturated rings. The number of Topliss-reactive ketones (excluding diaryl/α,β-unsaturated/α-hetero) is 3. The van der Waals surface area contributed by atoms with Gasteiger partial charge in [-0.1, -0.05) is 0 Å². The fourth-order valence-electron chi connectivity index (χ4n) is 2.74. The van der Waals surface area contributed by atoms with E-state index in [0.29, 0.717) is 12.8 Å². The summed E-state index contributed by atoms with van der Waals surface area (Å²) in [7, 11) is 0. The van der Waals surface area contributed by atoms with Crippen molar-refractivity contribution in [3.63, 3.8) is 0 Å². The minimum Gasteiger partial charge on any atom is -0.481 e. The van der Waals surface area contributed by atoms with Gasteiger partial charge in [-0.3, -0.25) is 19.2 Å². The van der Waals surface area contributed by atoms with Gasteiger partial charge in [-0.15, -0.1) is 0 Å². The lowest BCUT2D eigenvalue weighted by Crippen LogP contribution is -2.28. The molecule has 0 aliphatic carbocycles. The molecule has 0 aromatic rings. The van der Waals surface area contributed by atoms with Crippen LogP contribution in [0.1, 0.15) is 65.7 Å². The Bertz CT molecular complexity index is 458. The van der Waals surface area contributed by atoms with E-state index in [0.717, 1.165) is 38.8 Å². The third-order valence-electron chi connectivity index (χ3n) is 4.53. The highest BCUT2D eigenvalue weighted by Crippen LogP contribution is 2.05. The van der Waals surface area contributed by atoms with Crippen LogP contribution in [0, 0.1) is 0 Å². The summed E-state index contributed by atoms with van der Waals surface area (Å²) in [6.45, 7) is 6.73. The molecule has 0 bridgehead atoms. The molecule has 0 saturated carbocycles. The maximum atomic E-state index is 10.6. The van der Waals surface area contributed by atoms with Gasteiger partial charge in [-0.2, -0.15) is 0 Å². The summed E-state index contributed by atoms with van der Waals surface area (Å²) in [5.41, 5.74) is 5.36. The van der Waals surface area contributed by atoms with Crippen LogP contribution in [0.5, 0.6) is 0 Å². The molecule has 5 N–H and O–H groups in total. The molecule has 2 aliphatic rings. The molecule has 0 aromatic carbocycles. The van der Waals surface area contributed by atoms with Gasteiger partial charge < -0.3 is 21.5 Å². The first kappa shape index (κ1) is 25.4. The highest BCUT2D eigenvalue weighted by molar-refractivity contribution is 5.82. The predicted molar refractivity (Wildman–Crippen MR) is 104 cm³/mol. The van der Waals surface area contributed by atoms with Crippen molar-refractivity contribution in [2.45, 2.75) is 83.8 Å². The van der Waals surface area contributed by atoms with Crippen molar-refractivity contribution in [2.75, 3.05) is 13.1 Å². The van der Waals surface area contributed by atoms with E-state index < -0.39 is 12.0 Å². The Kier molecular flexibility index (Phi) is 13.5. The fourth-order valence-corrected chi connectivity index (χ4v) is 2.74. The molecule has 0 radical (unpaired) electrons. The van der Waals surface area contributed by atoms with Crippen LogP contribution in [0.3, 0.4) is 0 Å². The Morgan fingerprint density at radius 1 is 0.963 bits per heavy atom. The van der Waals surface area contributed by atoms with E-state index in [4.69, 9.17) is 10.8 Å². The Balaban J connectivity index is 0.000000381. The second-order valence-corrected chi connectivity index (χ2v) is 7.02. The monoisotopic (exact) mass is 385 g/mol. The van der Waals surface area contributed by atoms with Crippen molar-refractivity contribution in [2.24, 2.45) is 5.73 Å². The number of carbonyl (C=O) groups is 4. The highest BCUT2D eigenvalue weighted by atomic mass is 16.4. The largest absolute Gasteiger partial charge is 0.481 e. The number of nitrogens with two attached hydrogens (primary N) is 1. The molecule has 27 heavy (non-hydrogen) atoms. The Hall–Kier alpha value is -1.64. The molecule has 0 unspecified atom stereocenters. The average molecular weight is 386 g/mol. The molecule has 2 aliphatic heterocycles. The van der Waals surface area contributed by atoms with Crippen LogP contribution < -0.4 is 16.4 Å². The molecule has 2 heterocycles. The summed E-state index contributed by atoms with van der Waals surface area (Å²) in [6, 6.07) is -0.139. The van der Waals surface area contributed by atoms with Crippen LogP contribution in [0.2, 0.25) is 0 Å². The number of aliphatic carboxylic acids is 1. The number of ketones is 3. The second-order valence-electron chi connectivity index (χ2n) is 7.02. The van der Waals surface area contributed by atoms with Gasteiger partial charge in [0.25, 0.3) is 0 Å². The first-order valence-corrected chi connectivity index (χ1v) is 9.60. The zero-order valence-electron chi connectivity index (χ0n) is 16.8. The highest BCUT2D eigenvalue weighted by Gasteiger charge is 2.17. The first-order chi connectivity index (χ1) is 12.6. The zero-order chi connectivity index (χ0) is 20.8. The van der Waals surface area contributed by atoms with Gasteiger partial charge in [0.2, 0.25) is 0 Å². The smallest absolute Gasteiger partial charge is 0.303 e. The van der Waals surface area contributed by atoms with Crippen molar-refractivity contribution in [3.8, 4) is 0 Å². The Morgan fingerprint density at radius 3 is 1.63 bits per heavy atom. The molecule has 2 saturated heterocycles. The first-order valence-electron chi connectivity index (χ1n) is 9.60. The fraction of sp³-hybridized carbons (Fsp3) is 0.789. The van der Waals surface area contributed by atoms with Gasteiger partial charge >= 0.3 is 5.97 Å². The number of hydrogen-bond acceptors (Lipinski definition) is 7. The summed E-state index contributed by atoms with van der Waals surface area (Å²) < 4.78 is 0. The molecule has 2 rings (SSSR count). The van der Waals surface area contributed by atoms with Crippen LogP contribution in [0.25, 0.3) is 0 Å². The summed E-state index contributed by atoms with van der Waals surface area (Å²) >= 11 is 0. The molecule has 0 aromatic heterocycles. The van der Waals surface area contributed by atoms with Gasteiger partial charge in [0, 0.05) is 6.42 Å². The van der Waals surface area contributed by atoms with Crippen LogP contribution >= 0.6 is 0 Å². The summed E-state index contributed by atoms with van der Waals surface area (Å²) in [5.74, 6) is -0.374. The lowest BCUT2D eigenvalue weighted by Gasteiger charge is -2.04. The van der Waals surface area contributed by atoms with Gasteiger partial charge in [-0.25, -0.2) is 0 Å². The number of rotatable bonds is 7. The molecule has 0 spiro atoms. The minimum absolute atomic E-state index is 0.0843. The minimum atomic E-state index is -0.847. The summed E-state index contributed by atoms with van der Waals surface area (Å²) in [4.78, 5) is 41.7. The SMILES string of the molecule is CC(=O)[C@@H]1CCCN1.CC(=O)[C@H](N)CCCC(=O)O.CC(=O)[C@H]1CCCN1. The number of carbonyl (C=O) groups excluding carboxylic acids is 3. The molecule has 3 atom stereocenters. The third kappa shape index (κ3) is 13.2. The van der Waals surface area contributed by atoms with E-state index in [-0.39, 0.29) is 35.9 Å². The number of nitrogens with one attached hydrogen (secondary N) is 2. The Labute approximate surface area is 161 Å². The molecular weight excluding hydrogens is 350 g/mol. The van der Waals surface area contributed by atoms with E-state index in [1.54, 1.807) is 13.8 Å². The van der Waals surface area contributed by atoms with Crippen LogP contribution in [-0.4, -0.2) is 59.6 Å². The van der Waals surface area contributed by atoms with E-state index in [1.807, 2.05) is 0 Å². The number of carboxylic acids is 1. The molecule has 0 amide bonds. The quantitative estimate of drug-likeness (QED) is 0.505. The normalized spacial score (nSPS) is 21.9. The van der Waals surface area contributed by atoms with E-state index in [1.165, 1.54) is 6.92 Å². The standard InChI is InChI=1S/C7H13NO3.2C6H11NO/c1-5(9)6(8)3-2-4-7(10)11;2*1-5(8)6-3-2-4-7-6/h6H,2-4,8H2,1H3,(H,10,11);2*6-7H,2-4H2,1H3/t3*6-/m110/s1. The third-order valence-corrected chi connectivity index (χ3v) is 4.53. The van der Waals surface area contributed by atoms with Crippen molar-refractivity contribution in [1.29, 1.82) is 0 Å². The van der Waals surface area contributed by atoms with E-state index >= 15 is 0 Å². The van der Waals surface area contributed by atoms with Gasteiger partial charge in [0.15, 0.2) is 0 Å². The molecule has 156 valence electrons. The van der Waals surface area contributed by atoms with Crippen LogP contribution in [0.4, 0.5) is 0 Å². The lowest BCUT2D eigenvalue weighted by molar-refractivity contribution is -0.137. The maximum absolute atomic E-state index is 10.6. The second kappa shape index (κ2) is 14.4. The molecule has 8 heteroatoms. The van der Waals surface area contributed by atoms with Crippen molar-refractivity contribution >= 4 is 23.3 Å². The van der Waals surface area contributed by atoms with Crippen molar-refractivity contribution in [1.82, 2.24) is 10.6 Å². The van der Waals surface area contributed by atoms with Crippen molar-refractivity contribution in [3.05, 3.63) is 0 Å². The van der Waals surface area contributed by atoms with Gasteiger partial charge in [0.05, 0.1) is 18.1 Å². The molecule has 8 nitrogen and oxygen atoms in total. The van der Waals surface area contributed by atoms with Gasteiger partial charge in [-0.05, 0) is 72.4 Å². The Morgan fingerprint density at radius 2 is 1.41 bits per heavy atom. The average Bonchev–Trinajstić information content (AvgIpc) is 3.29. The van der Waals surface area contributed by atoms with Crippen LogP contribution in [0.15, 0.2) is 0 Å². The van der Waals surface area contributed by atoms with Gasteiger partial charge in [0.1, 0.15) is 17.3 Å². The number of carboxylic acid groups (broad SMARTS) is 1. The number of hydrogen-bond donors (Lipinski definition) is 4. The van der Waals surface area contributed by atoms with Crippen molar-refractivity contribution < 1.29 is 24.3 Å². The van der Waals surface area contributed by atoms with E-state index in [2.05, 4.69) is 10.6 Å². The molecular formula is C19H35N3O5. The van der Waals surface area contributed by atoms with Crippen LogP contribution in [-0.2, 0) is 19.2 Å². The lowest BCUT2D eigenvalue weighted by atomic mass is 10.1. The maximum Gasteiger partial charge on any atom is 0.303 e. The summed E-state index contributed by atoms with van der Waals surface area (Å²) in [6.07, 6.45) is 5.40. The summed E-state index contributed by atoms with van der Waals surface area (Å²) in [5, 5.41) is 14.5.